The Kier molecular flexibility index (Phi) is 6.57. The lowest BCUT2D eigenvalue weighted by molar-refractivity contribution is 0.147. The highest BCUT2D eigenvalue weighted by Gasteiger charge is 2.34. The molecule has 1 fully saturated rings. The van der Waals surface area contributed by atoms with Crippen LogP contribution in [0.25, 0.3) is 0 Å². The van der Waals surface area contributed by atoms with Crippen molar-refractivity contribution in [3.63, 3.8) is 0 Å². The maximum Gasteiger partial charge on any atom is 0.319 e. The molecule has 0 bridgehead atoms. The molecule has 0 spiro atoms. The van der Waals surface area contributed by atoms with Crippen molar-refractivity contribution in [3.05, 3.63) is 59.6 Å². The second-order valence-electron chi connectivity index (χ2n) is 8.42. The molecule has 2 aromatic rings. The van der Waals surface area contributed by atoms with Crippen LogP contribution in [0.4, 0.5) is 16.4 Å². The van der Waals surface area contributed by atoms with Gasteiger partial charge >= 0.3 is 6.03 Å². The van der Waals surface area contributed by atoms with Gasteiger partial charge in [0.1, 0.15) is 12.0 Å². The third kappa shape index (κ3) is 4.81. The van der Waals surface area contributed by atoms with Gasteiger partial charge in [0, 0.05) is 55.6 Å². The minimum atomic E-state index is -0.215. The number of nitrogens with zero attached hydrogens (tertiary/aromatic N) is 5. The Balaban J connectivity index is 1.39. The highest BCUT2D eigenvalue weighted by Crippen LogP contribution is 2.31. The summed E-state index contributed by atoms with van der Waals surface area (Å²) in [7, 11) is 0. The molecule has 1 saturated heterocycles. The first-order valence-electron chi connectivity index (χ1n) is 11.8. The van der Waals surface area contributed by atoms with Crippen LogP contribution in [0.2, 0.25) is 0 Å². The van der Waals surface area contributed by atoms with Crippen LogP contribution < -0.4 is 20.9 Å². The van der Waals surface area contributed by atoms with E-state index in [1.807, 2.05) is 37.3 Å². The number of urea groups is 1. The van der Waals surface area contributed by atoms with Gasteiger partial charge in [-0.2, -0.15) is 0 Å². The number of carbonyl (C=O) groups is 1. The van der Waals surface area contributed by atoms with Crippen LogP contribution in [0, 0.1) is 0 Å². The van der Waals surface area contributed by atoms with Crippen molar-refractivity contribution in [3.8, 4) is 0 Å². The Morgan fingerprint density at radius 1 is 1.12 bits per heavy atom. The van der Waals surface area contributed by atoms with E-state index in [2.05, 4.69) is 35.7 Å². The molecule has 1 aromatic carbocycles. The van der Waals surface area contributed by atoms with Crippen molar-refractivity contribution in [1.29, 1.82) is 0 Å². The average molecular weight is 463 g/mol. The highest BCUT2D eigenvalue weighted by atomic mass is 16.5. The zero-order chi connectivity index (χ0) is 23.3. The molecular formula is C24H30N8O2. The van der Waals surface area contributed by atoms with E-state index < -0.39 is 0 Å². The van der Waals surface area contributed by atoms with Crippen LogP contribution >= 0.6 is 0 Å². The van der Waals surface area contributed by atoms with Crippen LogP contribution in [0.3, 0.4) is 0 Å². The number of hydrogen-bond acceptors (Lipinski definition) is 8. The number of amidine groups is 1. The summed E-state index contributed by atoms with van der Waals surface area (Å²) >= 11 is 0. The van der Waals surface area contributed by atoms with E-state index in [9.17, 15) is 4.79 Å². The summed E-state index contributed by atoms with van der Waals surface area (Å²) in [6, 6.07) is 9.44. The third-order valence-electron chi connectivity index (χ3n) is 6.07. The number of nitrogens with one attached hydrogen (secondary N) is 3. The second kappa shape index (κ2) is 10.1. The maximum atomic E-state index is 11.8. The first kappa shape index (κ1) is 22.1. The Labute approximate surface area is 199 Å². The zero-order valence-electron chi connectivity index (χ0n) is 19.3. The number of hydrogen-bond donors (Lipinski definition) is 3. The molecule has 0 radical (unpaired) electrons. The lowest BCUT2D eigenvalue weighted by atomic mass is 10.1. The van der Waals surface area contributed by atoms with E-state index in [0.29, 0.717) is 26.2 Å². The van der Waals surface area contributed by atoms with E-state index >= 15 is 0 Å². The van der Waals surface area contributed by atoms with E-state index in [1.165, 1.54) is 5.57 Å². The number of aliphatic imine (C=N–C) groups is 1. The van der Waals surface area contributed by atoms with Crippen molar-refractivity contribution in [1.82, 2.24) is 25.5 Å². The SMILES string of the molecule is CCNC(=O)Nc1ccc(C2N=C(N3CCCOCC3)C3=C(CN(c4ncccn4)C3)N2)cc1. The van der Waals surface area contributed by atoms with Crippen LogP contribution in [0.15, 0.2) is 59.0 Å². The predicted molar refractivity (Wildman–Crippen MR) is 131 cm³/mol. The van der Waals surface area contributed by atoms with Crippen LogP contribution in [-0.4, -0.2) is 72.7 Å². The van der Waals surface area contributed by atoms with Gasteiger partial charge in [-0.25, -0.2) is 19.8 Å². The largest absolute Gasteiger partial charge is 0.380 e. The monoisotopic (exact) mass is 462 g/mol. The van der Waals surface area contributed by atoms with Crippen LogP contribution in [0.1, 0.15) is 25.1 Å². The molecule has 1 unspecified atom stereocenters. The molecule has 0 saturated carbocycles. The van der Waals surface area contributed by atoms with Crippen molar-refractivity contribution in [2.24, 2.45) is 4.99 Å². The summed E-state index contributed by atoms with van der Waals surface area (Å²) in [5.74, 6) is 1.74. The molecule has 34 heavy (non-hydrogen) atoms. The van der Waals surface area contributed by atoms with Gasteiger partial charge in [0.05, 0.1) is 19.7 Å². The Hall–Kier alpha value is -3.66. The van der Waals surface area contributed by atoms with Crippen molar-refractivity contribution >= 4 is 23.5 Å². The van der Waals surface area contributed by atoms with Gasteiger partial charge in [0.2, 0.25) is 5.95 Å². The smallest absolute Gasteiger partial charge is 0.319 e. The molecule has 0 aliphatic carbocycles. The molecule has 3 aliphatic heterocycles. The summed E-state index contributed by atoms with van der Waals surface area (Å²) < 4.78 is 5.69. The maximum absolute atomic E-state index is 11.8. The fourth-order valence-electron chi connectivity index (χ4n) is 4.43. The van der Waals surface area contributed by atoms with Gasteiger partial charge < -0.3 is 30.5 Å². The van der Waals surface area contributed by atoms with E-state index in [0.717, 1.165) is 54.8 Å². The Morgan fingerprint density at radius 2 is 1.94 bits per heavy atom. The first-order valence-corrected chi connectivity index (χ1v) is 11.8. The first-order chi connectivity index (χ1) is 16.7. The standard InChI is InChI=1S/C24H30N8O2/c1-2-25-24(33)28-18-7-5-17(6-8-18)21-29-20-16-32(23-26-9-3-10-27-23)15-19(20)22(30-21)31-11-4-13-34-14-12-31/h3,5-10,21,29H,2,4,11-16H2,1H3,(H2,25,28,33). The normalized spacial score (nSPS) is 20.3. The second-order valence-corrected chi connectivity index (χ2v) is 8.42. The van der Waals surface area contributed by atoms with Gasteiger partial charge in [-0.05, 0) is 37.1 Å². The fourth-order valence-corrected chi connectivity index (χ4v) is 4.43. The quantitative estimate of drug-likeness (QED) is 0.639. The zero-order valence-corrected chi connectivity index (χ0v) is 19.3. The molecule has 5 rings (SSSR count). The van der Waals surface area contributed by atoms with E-state index in [1.54, 1.807) is 12.4 Å². The fraction of sp³-hybridized carbons (Fsp3) is 0.417. The van der Waals surface area contributed by atoms with Gasteiger partial charge in [0.25, 0.3) is 0 Å². The van der Waals surface area contributed by atoms with Gasteiger partial charge in [-0.15, -0.1) is 0 Å². The van der Waals surface area contributed by atoms with Gasteiger partial charge in [-0.3, -0.25) is 0 Å². The van der Waals surface area contributed by atoms with Crippen molar-refractivity contribution < 1.29 is 9.53 Å². The summed E-state index contributed by atoms with van der Waals surface area (Å²) in [4.78, 5) is 30.4. The number of ether oxygens (including phenoxy) is 1. The lowest BCUT2D eigenvalue weighted by Crippen LogP contribution is -2.40. The molecule has 4 heterocycles. The summed E-state index contributed by atoms with van der Waals surface area (Å²) in [6.07, 6.45) is 4.31. The number of benzene rings is 1. The number of aromatic nitrogens is 2. The molecule has 178 valence electrons. The third-order valence-corrected chi connectivity index (χ3v) is 6.07. The number of carbonyl (C=O) groups excluding carboxylic acids is 1. The Morgan fingerprint density at radius 3 is 2.74 bits per heavy atom. The minimum Gasteiger partial charge on any atom is -0.380 e. The van der Waals surface area contributed by atoms with Gasteiger partial charge in [0.15, 0.2) is 0 Å². The van der Waals surface area contributed by atoms with E-state index in [-0.39, 0.29) is 12.2 Å². The molecule has 1 aromatic heterocycles. The molecule has 10 nitrogen and oxygen atoms in total. The summed E-state index contributed by atoms with van der Waals surface area (Å²) in [5, 5.41) is 9.22. The summed E-state index contributed by atoms with van der Waals surface area (Å²) in [6.45, 7) is 7.10. The van der Waals surface area contributed by atoms with Crippen LogP contribution in [0.5, 0.6) is 0 Å². The topological polar surface area (TPSA) is 107 Å². The lowest BCUT2D eigenvalue weighted by Gasteiger charge is -2.31. The molecule has 3 aliphatic rings. The van der Waals surface area contributed by atoms with Crippen molar-refractivity contribution in [2.75, 3.05) is 56.2 Å². The number of amides is 2. The number of rotatable bonds is 4. The number of anilines is 2. The Bertz CT molecular complexity index is 1060. The molecule has 3 N–H and O–H groups in total. The minimum absolute atomic E-state index is 0.210. The predicted octanol–water partition coefficient (Wildman–Crippen LogP) is 2.11. The highest BCUT2D eigenvalue weighted by molar-refractivity contribution is 6.01. The molecule has 1 atom stereocenters. The summed E-state index contributed by atoms with van der Waals surface area (Å²) in [5.41, 5.74) is 4.12. The molecule has 10 heteroatoms. The van der Waals surface area contributed by atoms with Crippen LogP contribution in [-0.2, 0) is 4.74 Å². The molecular weight excluding hydrogens is 432 g/mol. The average Bonchev–Trinajstić information content (AvgIpc) is 3.11. The van der Waals surface area contributed by atoms with E-state index in [4.69, 9.17) is 9.73 Å². The van der Waals surface area contributed by atoms with Crippen molar-refractivity contribution in [2.45, 2.75) is 19.5 Å². The molecule has 2 amide bonds. The van der Waals surface area contributed by atoms with Gasteiger partial charge in [-0.1, -0.05) is 12.1 Å².